The summed E-state index contributed by atoms with van der Waals surface area (Å²) in [5.41, 5.74) is 0. The predicted octanol–water partition coefficient (Wildman–Crippen LogP) is 3.14. The number of hydrogen-bond donors (Lipinski definition) is 0. The van der Waals surface area contributed by atoms with Crippen molar-refractivity contribution in [2.45, 2.75) is 18.7 Å². The molecule has 102 valence electrons. The van der Waals surface area contributed by atoms with Gasteiger partial charge in [-0.3, -0.25) is 0 Å². The van der Waals surface area contributed by atoms with E-state index in [1.807, 2.05) is 13.8 Å². The van der Waals surface area contributed by atoms with Crippen LogP contribution in [0, 0.1) is 11.8 Å². The normalized spacial score (nSPS) is 13.6. The highest BCUT2D eigenvalue weighted by Crippen LogP contribution is 2.27. The van der Waals surface area contributed by atoms with Gasteiger partial charge in [-0.2, -0.15) is 0 Å². The maximum atomic E-state index is 12.4. The smallest absolute Gasteiger partial charge is 0.182 e. The van der Waals surface area contributed by atoms with Crippen molar-refractivity contribution < 1.29 is 13.2 Å². The quantitative estimate of drug-likeness (QED) is 0.750. The van der Waals surface area contributed by atoms with E-state index >= 15 is 0 Å². The topological polar surface area (TPSA) is 43.4 Å². The van der Waals surface area contributed by atoms with Gasteiger partial charge in [0.05, 0.1) is 12.9 Å². The van der Waals surface area contributed by atoms with E-state index in [4.69, 9.17) is 4.74 Å². The molecule has 0 aliphatic carbocycles. The Morgan fingerprint density at radius 1 is 1.28 bits per heavy atom. The SMILES string of the molecule is COc1ccccc1S(=O)(=O)CC(CBr)C(C)C. The van der Waals surface area contributed by atoms with Crippen LogP contribution in [-0.2, 0) is 9.84 Å². The van der Waals surface area contributed by atoms with Crippen LogP contribution in [0.3, 0.4) is 0 Å². The van der Waals surface area contributed by atoms with Crippen molar-refractivity contribution in [2.75, 3.05) is 18.2 Å². The van der Waals surface area contributed by atoms with E-state index in [0.29, 0.717) is 17.0 Å². The molecule has 1 rings (SSSR count). The van der Waals surface area contributed by atoms with Gasteiger partial charge in [-0.1, -0.05) is 41.9 Å². The second-order valence-corrected chi connectivity index (χ2v) is 7.24. The minimum Gasteiger partial charge on any atom is -0.495 e. The van der Waals surface area contributed by atoms with Gasteiger partial charge in [-0.15, -0.1) is 0 Å². The van der Waals surface area contributed by atoms with Gasteiger partial charge in [0.25, 0.3) is 0 Å². The summed E-state index contributed by atoms with van der Waals surface area (Å²) in [6.07, 6.45) is 0. The summed E-state index contributed by atoms with van der Waals surface area (Å²) in [6, 6.07) is 6.75. The standard InChI is InChI=1S/C13H19BrO3S/c1-10(2)11(8-14)9-18(15,16)13-7-5-4-6-12(13)17-3/h4-7,10-11H,8-9H2,1-3H3. The number of benzene rings is 1. The Kier molecular flexibility index (Phi) is 5.66. The van der Waals surface area contributed by atoms with Crippen molar-refractivity contribution >= 4 is 25.8 Å². The molecule has 1 aromatic rings. The zero-order chi connectivity index (χ0) is 13.8. The van der Waals surface area contributed by atoms with Gasteiger partial charge in [0, 0.05) is 5.33 Å². The minimum absolute atomic E-state index is 0.0971. The number of sulfone groups is 1. The summed E-state index contributed by atoms with van der Waals surface area (Å²) in [4.78, 5) is 0.277. The second-order valence-electron chi connectivity index (χ2n) is 4.59. The summed E-state index contributed by atoms with van der Waals surface area (Å²) in [5.74, 6) is 0.958. The molecule has 0 bridgehead atoms. The molecule has 0 spiro atoms. The molecule has 0 heterocycles. The maximum absolute atomic E-state index is 12.4. The fraction of sp³-hybridized carbons (Fsp3) is 0.538. The minimum atomic E-state index is -3.31. The fourth-order valence-corrected chi connectivity index (χ4v) is 4.93. The van der Waals surface area contributed by atoms with Crippen molar-refractivity contribution in [3.8, 4) is 5.75 Å². The molecule has 0 radical (unpaired) electrons. The highest BCUT2D eigenvalue weighted by molar-refractivity contribution is 9.09. The molecule has 0 saturated heterocycles. The molecule has 0 fully saturated rings. The summed E-state index contributed by atoms with van der Waals surface area (Å²) in [7, 11) is -1.83. The summed E-state index contributed by atoms with van der Waals surface area (Å²) >= 11 is 3.38. The van der Waals surface area contributed by atoms with Crippen molar-refractivity contribution in [3.05, 3.63) is 24.3 Å². The van der Waals surface area contributed by atoms with Gasteiger partial charge < -0.3 is 4.74 Å². The van der Waals surface area contributed by atoms with Crippen LogP contribution in [0.5, 0.6) is 5.75 Å². The summed E-state index contributed by atoms with van der Waals surface area (Å²) in [6.45, 7) is 4.06. The van der Waals surface area contributed by atoms with Gasteiger partial charge in [0.15, 0.2) is 9.84 Å². The first-order chi connectivity index (χ1) is 8.42. The fourth-order valence-electron chi connectivity index (χ4n) is 1.66. The third kappa shape index (κ3) is 3.72. The van der Waals surface area contributed by atoms with Gasteiger partial charge in [-0.25, -0.2) is 8.42 Å². The van der Waals surface area contributed by atoms with E-state index in [9.17, 15) is 8.42 Å². The Hall–Kier alpha value is -0.550. The number of para-hydroxylation sites is 1. The zero-order valence-electron chi connectivity index (χ0n) is 10.9. The van der Waals surface area contributed by atoms with Gasteiger partial charge >= 0.3 is 0 Å². The molecule has 1 atom stereocenters. The number of methoxy groups -OCH3 is 1. The molecular formula is C13H19BrO3S. The molecule has 0 aromatic heterocycles. The number of ether oxygens (including phenoxy) is 1. The molecule has 5 heteroatoms. The largest absolute Gasteiger partial charge is 0.495 e. The van der Waals surface area contributed by atoms with Crippen LogP contribution in [0.4, 0.5) is 0 Å². The molecule has 1 unspecified atom stereocenters. The molecule has 3 nitrogen and oxygen atoms in total. The van der Waals surface area contributed by atoms with Crippen LogP contribution in [0.15, 0.2) is 29.2 Å². The van der Waals surface area contributed by atoms with Crippen LogP contribution < -0.4 is 4.74 Å². The monoisotopic (exact) mass is 334 g/mol. The summed E-state index contributed by atoms with van der Waals surface area (Å²) in [5, 5.41) is 0.680. The Morgan fingerprint density at radius 3 is 2.39 bits per heavy atom. The van der Waals surface area contributed by atoms with E-state index in [1.165, 1.54) is 7.11 Å². The average molecular weight is 335 g/mol. The Labute approximate surface area is 118 Å². The third-order valence-corrected chi connectivity index (χ3v) is 5.68. The average Bonchev–Trinajstić information content (AvgIpc) is 2.35. The van der Waals surface area contributed by atoms with E-state index in [2.05, 4.69) is 15.9 Å². The van der Waals surface area contributed by atoms with E-state index in [-0.39, 0.29) is 16.6 Å². The van der Waals surface area contributed by atoms with Crippen molar-refractivity contribution in [1.82, 2.24) is 0 Å². The van der Waals surface area contributed by atoms with Crippen LogP contribution >= 0.6 is 15.9 Å². The number of hydrogen-bond acceptors (Lipinski definition) is 3. The molecule has 0 saturated carbocycles. The van der Waals surface area contributed by atoms with Crippen molar-refractivity contribution in [1.29, 1.82) is 0 Å². The predicted molar refractivity (Wildman–Crippen MR) is 77.2 cm³/mol. The van der Waals surface area contributed by atoms with Crippen LogP contribution in [0.2, 0.25) is 0 Å². The van der Waals surface area contributed by atoms with Gasteiger partial charge in [-0.05, 0) is 24.0 Å². The lowest BCUT2D eigenvalue weighted by molar-refractivity contribution is 0.401. The first kappa shape index (κ1) is 15.5. The maximum Gasteiger partial charge on any atom is 0.182 e. The number of halogens is 1. The van der Waals surface area contributed by atoms with Crippen molar-refractivity contribution in [3.63, 3.8) is 0 Å². The zero-order valence-corrected chi connectivity index (χ0v) is 13.3. The van der Waals surface area contributed by atoms with Gasteiger partial charge in [0.1, 0.15) is 10.6 Å². The first-order valence-corrected chi connectivity index (χ1v) is 8.61. The van der Waals surface area contributed by atoms with E-state index in [0.717, 1.165) is 0 Å². The van der Waals surface area contributed by atoms with Gasteiger partial charge in [0.2, 0.25) is 0 Å². The number of alkyl halides is 1. The first-order valence-electron chi connectivity index (χ1n) is 5.84. The van der Waals surface area contributed by atoms with Crippen LogP contribution in [-0.4, -0.2) is 26.6 Å². The van der Waals surface area contributed by atoms with E-state index in [1.54, 1.807) is 24.3 Å². The van der Waals surface area contributed by atoms with Crippen molar-refractivity contribution in [2.24, 2.45) is 11.8 Å². The highest BCUT2D eigenvalue weighted by atomic mass is 79.9. The van der Waals surface area contributed by atoms with Crippen LogP contribution in [0.1, 0.15) is 13.8 Å². The van der Waals surface area contributed by atoms with Crippen LogP contribution in [0.25, 0.3) is 0 Å². The number of rotatable bonds is 6. The lowest BCUT2D eigenvalue weighted by Gasteiger charge is -2.18. The summed E-state index contributed by atoms with van der Waals surface area (Å²) < 4.78 is 29.9. The molecule has 0 N–H and O–H groups in total. The molecule has 18 heavy (non-hydrogen) atoms. The molecule has 0 aliphatic rings. The Morgan fingerprint density at radius 2 is 1.89 bits per heavy atom. The Bertz CT molecular complexity index is 483. The molecule has 0 aliphatic heterocycles. The Balaban J connectivity index is 3.06. The highest BCUT2D eigenvalue weighted by Gasteiger charge is 2.25. The van der Waals surface area contributed by atoms with E-state index < -0.39 is 9.84 Å². The molecular weight excluding hydrogens is 316 g/mol. The lowest BCUT2D eigenvalue weighted by Crippen LogP contribution is -2.22. The third-order valence-electron chi connectivity index (χ3n) is 2.98. The molecule has 0 amide bonds. The second kappa shape index (κ2) is 6.57. The molecule has 1 aromatic carbocycles. The lowest BCUT2D eigenvalue weighted by atomic mass is 10.0.